The molecule has 2 heterocycles. The van der Waals surface area contributed by atoms with E-state index in [0.29, 0.717) is 27.3 Å². The molecule has 0 spiro atoms. The number of aliphatic carboxylic acids is 1. The van der Waals surface area contributed by atoms with E-state index in [9.17, 15) is 24.8 Å². The lowest BCUT2D eigenvalue weighted by Crippen LogP contribution is -2.45. The van der Waals surface area contributed by atoms with Crippen LogP contribution in [0.5, 0.6) is 0 Å². The van der Waals surface area contributed by atoms with Gasteiger partial charge in [-0.1, -0.05) is 66.2 Å². The lowest BCUT2D eigenvalue weighted by atomic mass is 9.78. The molecule has 2 N–H and O–H groups in total. The molecule has 8 heteroatoms. The second-order valence-electron chi connectivity index (χ2n) is 9.46. The Balaban J connectivity index is 1.70. The van der Waals surface area contributed by atoms with Crippen molar-refractivity contribution in [1.82, 2.24) is 4.90 Å². The summed E-state index contributed by atoms with van der Waals surface area (Å²) >= 11 is 1.36. The Labute approximate surface area is 230 Å². The third-order valence-electron chi connectivity index (χ3n) is 7.07. The van der Waals surface area contributed by atoms with Crippen molar-refractivity contribution in [3.63, 3.8) is 0 Å². The van der Waals surface area contributed by atoms with Crippen LogP contribution in [0.25, 0.3) is 0 Å². The maximum absolute atomic E-state index is 14.3. The molecule has 0 bridgehead atoms. The van der Waals surface area contributed by atoms with Crippen molar-refractivity contribution < 1.29 is 19.5 Å². The van der Waals surface area contributed by atoms with Gasteiger partial charge >= 0.3 is 12.0 Å². The van der Waals surface area contributed by atoms with Gasteiger partial charge in [-0.15, -0.1) is 11.3 Å². The standard InChI is InChI=1S/C31H25N3O4S/c1-19-9-13-22(14-10-19)29(35)26-25(24-8-5-17-39-24)28(30(36)37)34(31(38)33-23-6-3-2-4-7-23)27(26)21-15-11-20(18-32)12-16-21/h2-17,25-28H,1H3,(H,33,38)(H,36,37). The number of hydrogen-bond acceptors (Lipinski definition) is 5. The number of likely N-dealkylation sites (tertiary alicyclic amines) is 1. The molecule has 2 amide bonds. The fourth-order valence-corrected chi connectivity index (χ4v) is 6.20. The van der Waals surface area contributed by atoms with E-state index in [1.54, 1.807) is 60.7 Å². The fourth-order valence-electron chi connectivity index (χ4n) is 5.30. The van der Waals surface area contributed by atoms with Crippen molar-refractivity contribution in [2.75, 3.05) is 5.32 Å². The second-order valence-corrected chi connectivity index (χ2v) is 10.4. The number of amides is 2. The van der Waals surface area contributed by atoms with Crippen LogP contribution in [0, 0.1) is 24.2 Å². The highest BCUT2D eigenvalue weighted by molar-refractivity contribution is 7.10. The lowest BCUT2D eigenvalue weighted by Gasteiger charge is -2.30. The quantitative estimate of drug-likeness (QED) is 0.284. The smallest absolute Gasteiger partial charge is 0.327 e. The van der Waals surface area contributed by atoms with Gasteiger partial charge in [0.1, 0.15) is 6.04 Å². The van der Waals surface area contributed by atoms with Gasteiger partial charge in [-0.25, -0.2) is 9.59 Å². The second kappa shape index (κ2) is 10.9. The van der Waals surface area contributed by atoms with Crippen molar-refractivity contribution in [3.8, 4) is 6.07 Å². The summed E-state index contributed by atoms with van der Waals surface area (Å²) in [6.45, 7) is 1.92. The zero-order valence-electron chi connectivity index (χ0n) is 21.0. The van der Waals surface area contributed by atoms with Crippen molar-refractivity contribution in [3.05, 3.63) is 124 Å². The number of benzene rings is 3. The number of carboxylic acid groups (broad SMARTS) is 1. The number of aryl methyl sites for hydroxylation is 1. The summed E-state index contributed by atoms with van der Waals surface area (Å²) in [5, 5.41) is 24.6. The molecule has 1 aromatic heterocycles. The van der Waals surface area contributed by atoms with Crippen LogP contribution in [0.3, 0.4) is 0 Å². The van der Waals surface area contributed by atoms with Crippen molar-refractivity contribution in [2.45, 2.75) is 24.9 Å². The summed E-state index contributed by atoms with van der Waals surface area (Å²) in [5.41, 5.74) is 2.94. The molecular formula is C31H25N3O4S. The number of carbonyl (C=O) groups is 3. The van der Waals surface area contributed by atoms with Crippen LogP contribution in [0.15, 0.2) is 96.4 Å². The van der Waals surface area contributed by atoms with E-state index in [-0.39, 0.29) is 5.78 Å². The number of ketones is 1. The number of urea groups is 1. The van der Waals surface area contributed by atoms with Gasteiger partial charge in [0.2, 0.25) is 0 Å². The summed E-state index contributed by atoms with van der Waals surface area (Å²) in [5.74, 6) is -3.13. The number of thiophene rings is 1. The Morgan fingerprint density at radius 1 is 0.923 bits per heavy atom. The van der Waals surface area contributed by atoms with Gasteiger partial charge in [-0.05, 0) is 48.2 Å². The number of nitrogens with zero attached hydrogens (tertiary/aromatic N) is 2. The van der Waals surface area contributed by atoms with Crippen molar-refractivity contribution in [2.24, 2.45) is 5.92 Å². The number of Topliss-reactive ketones (excluding diaryl/α,β-unsaturated/α-hetero) is 1. The van der Waals surface area contributed by atoms with Crippen LogP contribution in [0.4, 0.5) is 10.5 Å². The molecule has 39 heavy (non-hydrogen) atoms. The molecule has 194 valence electrons. The number of anilines is 1. The zero-order valence-corrected chi connectivity index (χ0v) is 21.8. The van der Waals surface area contributed by atoms with E-state index in [4.69, 9.17) is 0 Å². The van der Waals surface area contributed by atoms with E-state index in [1.807, 2.05) is 42.6 Å². The SMILES string of the molecule is Cc1ccc(C(=O)C2C(c3cccs3)C(C(=O)O)N(C(=O)Nc3ccccc3)C2c2ccc(C#N)cc2)cc1. The average Bonchev–Trinajstić information content (AvgIpc) is 3.60. The average molecular weight is 536 g/mol. The third kappa shape index (κ3) is 5.05. The Bertz CT molecular complexity index is 1530. The Hall–Kier alpha value is -4.74. The number of rotatable bonds is 6. The number of nitrogens with one attached hydrogen (secondary N) is 1. The highest BCUT2D eigenvalue weighted by Gasteiger charge is 2.58. The molecule has 0 aliphatic carbocycles. The third-order valence-corrected chi connectivity index (χ3v) is 8.04. The molecule has 4 unspecified atom stereocenters. The van der Waals surface area contributed by atoms with E-state index in [2.05, 4.69) is 11.4 Å². The minimum Gasteiger partial charge on any atom is -0.480 e. The topological polar surface area (TPSA) is 110 Å². The van der Waals surface area contributed by atoms with E-state index in [1.165, 1.54) is 16.2 Å². The van der Waals surface area contributed by atoms with Crippen LogP contribution in [-0.4, -0.2) is 33.8 Å². The van der Waals surface area contributed by atoms with Crippen LogP contribution in [0.1, 0.15) is 43.9 Å². The highest BCUT2D eigenvalue weighted by Crippen LogP contribution is 2.52. The Kier molecular flexibility index (Phi) is 7.26. The molecule has 4 atom stereocenters. The molecule has 4 aromatic rings. The predicted molar refractivity (Wildman–Crippen MR) is 149 cm³/mol. The van der Waals surface area contributed by atoms with Crippen LogP contribution in [-0.2, 0) is 4.79 Å². The highest BCUT2D eigenvalue weighted by atomic mass is 32.1. The van der Waals surface area contributed by atoms with Crippen LogP contribution in [0.2, 0.25) is 0 Å². The first-order valence-electron chi connectivity index (χ1n) is 12.4. The number of para-hydroxylation sites is 1. The monoisotopic (exact) mass is 535 g/mol. The summed E-state index contributed by atoms with van der Waals surface area (Å²) in [6.07, 6.45) is 0. The number of hydrogen-bond donors (Lipinski definition) is 2. The molecule has 7 nitrogen and oxygen atoms in total. The molecule has 1 aliphatic heterocycles. The predicted octanol–water partition coefficient (Wildman–Crippen LogP) is 6.25. The first kappa shape index (κ1) is 25.9. The molecule has 0 radical (unpaired) electrons. The van der Waals surface area contributed by atoms with Gasteiger partial charge < -0.3 is 15.3 Å². The van der Waals surface area contributed by atoms with Crippen molar-refractivity contribution in [1.29, 1.82) is 5.26 Å². The summed E-state index contributed by atoms with van der Waals surface area (Å²) in [7, 11) is 0. The Morgan fingerprint density at radius 2 is 1.62 bits per heavy atom. The first-order chi connectivity index (χ1) is 18.9. The van der Waals surface area contributed by atoms with Gasteiger partial charge in [0.25, 0.3) is 0 Å². The van der Waals surface area contributed by atoms with Gasteiger partial charge in [0, 0.05) is 22.0 Å². The van der Waals surface area contributed by atoms with E-state index in [0.717, 1.165) is 5.56 Å². The number of carbonyl (C=O) groups excluding carboxylic acids is 2. The normalized spacial score (nSPS) is 20.3. The molecule has 3 aromatic carbocycles. The number of carboxylic acids is 1. The number of nitriles is 1. The summed E-state index contributed by atoms with van der Waals surface area (Å²) < 4.78 is 0. The van der Waals surface area contributed by atoms with Crippen LogP contribution < -0.4 is 5.32 Å². The lowest BCUT2D eigenvalue weighted by molar-refractivity contribution is -0.142. The van der Waals surface area contributed by atoms with Gasteiger partial charge in [0.15, 0.2) is 5.78 Å². The van der Waals surface area contributed by atoms with E-state index < -0.39 is 35.9 Å². The molecule has 1 aliphatic rings. The van der Waals surface area contributed by atoms with Gasteiger partial charge in [-0.3, -0.25) is 4.79 Å². The van der Waals surface area contributed by atoms with Crippen molar-refractivity contribution >= 4 is 34.8 Å². The summed E-state index contributed by atoms with van der Waals surface area (Å²) in [6, 6.07) is 25.4. The van der Waals surface area contributed by atoms with E-state index >= 15 is 0 Å². The first-order valence-corrected chi connectivity index (χ1v) is 13.3. The maximum Gasteiger partial charge on any atom is 0.327 e. The minimum absolute atomic E-state index is 0.246. The molecular weight excluding hydrogens is 510 g/mol. The van der Waals surface area contributed by atoms with Crippen LogP contribution >= 0.6 is 11.3 Å². The molecule has 5 rings (SSSR count). The molecule has 0 saturated carbocycles. The maximum atomic E-state index is 14.3. The summed E-state index contributed by atoms with van der Waals surface area (Å²) in [4.78, 5) is 43.1. The Morgan fingerprint density at radius 3 is 2.21 bits per heavy atom. The van der Waals surface area contributed by atoms with Gasteiger partial charge in [0.05, 0.1) is 23.6 Å². The largest absolute Gasteiger partial charge is 0.480 e. The zero-order chi connectivity index (χ0) is 27.5. The molecule has 1 saturated heterocycles. The fraction of sp³-hybridized carbons (Fsp3) is 0.161. The van der Waals surface area contributed by atoms with Gasteiger partial charge in [-0.2, -0.15) is 5.26 Å². The molecule has 1 fully saturated rings. The minimum atomic E-state index is -1.31.